The van der Waals surface area contributed by atoms with Crippen LogP contribution in [0.2, 0.25) is 0 Å². The zero-order valence-corrected chi connectivity index (χ0v) is 20.3. The Balaban J connectivity index is 1.43. The Morgan fingerprint density at radius 1 is 0.972 bits per heavy atom. The van der Waals surface area contributed by atoms with E-state index in [0.717, 1.165) is 21.6 Å². The van der Waals surface area contributed by atoms with E-state index in [1.807, 2.05) is 50.2 Å². The molecule has 1 saturated heterocycles. The minimum atomic E-state index is -0.657. The summed E-state index contributed by atoms with van der Waals surface area (Å²) in [5.74, 6) is -0.0131. The van der Waals surface area contributed by atoms with E-state index in [2.05, 4.69) is 10.6 Å². The molecule has 1 fully saturated rings. The molecule has 0 bridgehead atoms. The lowest BCUT2D eigenvalue weighted by Gasteiger charge is -2.12. The van der Waals surface area contributed by atoms with Crippen LogP contribution in [0.4, 0.5) is 10.5 Å². The Morgan fingerprint density at radius 3 is 2.44 bits per heavy atom. The quantitative estimate of drug-likeness (QED) is 0.364. The molecule has 0 saturated carbocycles. The van der Waals surface area contributed by atoms with Gasteiger partial charge in [0.1, 0.15) is 18.8 Å². The molecule has 1 aliphatic heterocycles. The molecule has 0 spiro atoms. The monoisotopic (exact) mass is 485 g/mol. The first-order chi connectivity index (χ1) is 17.3. The van der Waals surface area contributed by atoms with Crippen molar-refractivity contribution in [2.24, 2.45) is 0 Å². The third-order valence-corrected chi connectivity index (χ3v) is 5.54. The summed E-state index contributed by atoms with van der Waals surface area (Å²) in [7, 11) is 1.53. The number of anilines is 1. The number of rotatable bonds is 8. The van der Waals surface area contributed by atoms with Gasteiger partial charge >= 0.3 is 6.03 Å². The summed E-state index contributed by atoms with van der Waals surface area (Å²) in [6, 6.07) is 19.8. The number of urea groups is 1. The van der Waals surface area contributed by atoms with Gasteiger partial charge in [-0.15, -0.1) is 0 Å². The van der Waals surface area contributed by atoms with Crippen LogP contribution in [0.15, 0.2) is 72.4 Å². The molecule has 0 aromatic heterocycles. The van der Waals surface area contributed by atoms with E-state index < -0.39 is 24.4 Å². The van der Waals surface area contributed by atoms with Crippen LogP contribution in [0, 0.1) is 13.8 Å². The van der Waals surface area contributed by atoms with Gasteiger partial charge in [-0.1, -0.05) is 48.0 Å². The topological polar surface area (TPSA) is 97.0 Å². The second-order valence-corrected chi connectivity index (χ2v) is 8.49. The summed E-state index contributed by atoms with van der Waals surface area (Å²) < 4.78 is 11.4. The Labute approximate surface area is 209 Å². The van der Waals surface area contributed by atoms with Gasteiger partial charge in [-0.05, 0) is 60.9 Å². The van der Waals surface area contributed by atoms with Gasteiger partial charge in [0, 0.05) is 5.69 Å². The van der Waals surface area contributed by atoms with E-state index in [-0.39, 0.29) is 5.70 Å². The molecular weight excluding hydrogens is 458 g/mol. The van der Waals surface area contributed by atoms with Gasteiger partial charge in [-0.25, -0.2) is 9.69 Å². The van der Waals surface area contributed by atoms with Gasteiger partial charge in [0.25, 0.3) is 5.91 Å². The normalized spacial score (nSPS) is 14.1. The maximum atomic E-state index is 12.8. The number of hydrogen-bond donors (Lipinski definition) is 2. The molecule has 184 valence electrons. The first kappa shape index (κ1) is 24.5. The number of nitrogens with one attached hydrogen (secondary N) is 2. The standard InChI is InChI=1S/C28H27N3O5/c1-18-6-4-8-21(12-18)17-36-24-11-10-20(15-25(24)35-3)14-23-27(33)31(28(34)30-23)16-26(32)29-22-9-5-7-19(2)13-22/h4-15H,16-17H2,1-3H3,(H,29,32)(H,30,34)/b23-14+. The molecule has 0 radical (unpaired) electrons. The molecule has 2 N–H and O–H groups in total. The summed E-state index contributed by atoms with van der Waals surface area (Å²) in [6.45, 7) is 3.91. The second-order valence-electron chi connectivity index (χ2n) is 8.49. The van der Waals surface area contributed by atoms with Crippen LogP contribution in [-0.2, 0) is 16.2 Å². The highest BCUT2D eigenvalue weighted by Crippen LogP contribution is 2.30. The molecule has 4 rings (SSSR count). The lowest BCUT2D eigenvalue weighted by Crippen LogP contribution is -2.38. The molecule has 8 heteroatoms. The molecule has 3 aromatic carbocycles. The fourth-order valence-electron chi connectivity index (χ4n) is 3.81. The zero-order chi connectivity index (χ0) is 25.7. The van der Waals surface area contributed by atoms with Crippen LogP contribution in [0.1, 0.15) is 22.3 Å². The molecule has 36 heavy (non-hydrogen) atoms. The maximum absolute atomic E-state index is 12.8. The Hall–Kier alpha value is -4.59. The van der Waals surface area contributed by atoms with Crippen molar-refractivity contribution in [1.29, 1.82) is 0 Å². The highest BCUT2D eigenvalue weighted by molar-refractivity contribution is 6.16. The average Bonchev–Trinajstić information content (AvgIpc) is 3.10. The smallest absolute Gasteiger partial charge is 0.329 e. The molecule has 1 heterocycles. The van der Waals surface area contributed by atoms with E-state index in [1.165, 1.54) is 13.2 Å². The predicted octanol–water partition coefficient (Wildman–Crippen LogP) is 4.42. The zero-order valence-electron chi connectivity index (χ0n) is 20.3. The predicted molar refractivity (Wildman–Crippen MR) is 137 cm³/mol. The third kappa shape index (κ3) is 5.90. The molecule has 1 aliphatic rings. The van der Waals surface area contributed by atoms with Crippen molar-refractivity contribution in [1.82, 2.24) is 10.2 Å². The van der Waals surface area contributed by atoms with Crippen molar-refractivity contribution < 1.29 is 23.9 Å². The molecular formula is C28H27N3O5. The number of amides is 4. The van der Waals surface area contributed by atoms with Crippen molar-refractivity contribution in [2.75, 3.05) is 19.0 Å². The second kappa shape index (κ2) is 10.8. The van der Waals surface area contributed by atoms with E-state index >= 15 is 0 Å². The fourth-order valence-corrected chi connectivity index (χ4v) is 3.81. The van der Waals surface area contributed by atoms with Gasteiger partial charge < -0.3 is 20.1 Å². The molecule has 8 nitrogen and oxygen atoms in total. The highest BCUT2D eigenvalue weighted by Gasteiger charge is 2.35. The van der Waals surface area contributed by atoms with E-state index in [4.69, 9.17) is 9.47 Å². The van der Waals surface area contributed by atoms with Gasteiger partial charge in [0.15, 0.2) is 11.5 Å². The lowest BCUT2D eigenvalue weighted by atomic mass is 10.1. The molecule has 3 aromatic rings. The molecule has 0 atom stereocenters. The number of hydrogen-bond acceptors (Lipinski definition) is 5. The minimum absolute atomic E-state index is 0.0684. The van der Waals surface area contributed by atoms with Crippen molar-refractivity contribution in [2.45, 2.75) is 20.5 Å². The van der Waals surface area contributed by atoms with Crippen molar-refractivity contribution in [3.63, 3.8) is 0 Å². The molecule has 0 unspecified atom stereocenters. The average molecular weight is 486 g/mol. The van der Waals surface area contributed by atoms with Crippen molar-refractivity contribution in [3.05, 3.63) is 94.7 Å². The van der Waals surface area contributed by atoms with Crippen LogP contribution >= 0.6 is 0 Å². The van der Waals surface area contributed by atoms with Gasteiger partial charge in [-0.2, -0.15) is 0 Å². The summed E-state index contributed by atoms with van der Waals surface area (Å²) >= 11 is 0. The van der Waals surface area contributed by atoms with Crippen LogP contribution in [-0.4, -0.2) is 36.4 Å². The van der Waals surface area contributed by atoms with Gasteiger partial charge in [0.2, 0.25) is 5.91 Å². The number of carbonyl (C=O) groups excluding carboxylic acids is 3. The summed E-state index contributed by atoms with van der Waals surface area (Å²) in [5, 5.41) is 5.23. The van der Waals surface area contributed by atoms with Gasteiger partial charge in [-0.3, -0.25) is 9.59 Å². The summed E-state index contributed by atoms with van der Waals surface area (Å²) in [5.41, 5.74) is 4.46. The summed E-state index contributed by atoms with van der Waals surface area (Å²) in [6.07, 6.45) is 1.53. The van der Waals surface area contributed by atoms with Crippen molar-refractivity contribution in [3.8, 4) is 11.5 Å². The van der Waals surface area contributed by atoms with E-state index in [9.17, 15) is 14.4 Å². The number of ether oxygens (including phenoxy) is 2. The number of carbonyl (C=O) groups is 3. The SMILES string of the molecule is COc1cc(/C=C2/NC(=O)N(CC(=O)Nc3cccc(C)c3)C2=O)ccc1OCc1cccc(C)c1. The first-order valence-corrected chi connectivity index (χ1v) is 11.4. The fraction of sp³-hybridized carbons (Fsp3) is 0.179. The maximum Gasteiger partial charge on any atom is 0.329 e. The van der Waals surface area contributed by atoms with Gasteiger partial charge in [0.05, 0.1) is 7.11 Å². The van der Waals surface area contributed by atoms with Crippen molar-refractivity contribution >= 4 is 29.6 Å². The van der Waals surface area contributed by atoms with Crippen LogP contribution < -0.4 is 20.1 Å². The number of aryl methyl sites for hydroxylation is 2. The highest BCUT2D eigenvalue weighted by atomic mass is 16.5. The van der Waals surface area contributed by atoms with Crippen LogP contribution in [0.3, 0.4) is 0 Å². The summed E-state index contributed by atoms with van der Waals surface area (Å²) in [4.78, 5) is 38.5. The Kier molecular flexibility index (Phi) is 7.34. The lowest BCUT2D eigenvalue weighted by molar-refractivity contribution is -0.127. The molecule has 4 amide bonds. The number of benzene rings is 3. The number of nitrogens with zero attached hydrogens (tertiary/aromatic N) is 1. The van der Waals surface area contributed by atoms with Crippen LogP contribution in [0.25, 0.3) is 6.08 Å². The largest absolute Gasteiger partial charge is 0.493 e. The number of imide groups is 1. The molecule has 0 aliphatic carbocycles. The van der Waals surface area contributed by atoms with E-state index in [0.29, 0.717) is 29.4 Å². The van der Waals surface area contributed by atoms with E-state index in [1.54, 1.807) is 30.3 Å². The third-order valence-electron chi connectivity index (χ3n) is 5.54. The Bertz CT molecular complexity index is 1350. The first-order valence-electron chi connectivity index (χ1n) is 11.4. The van der Waals surface area contributed by atoms with Crippen LogP contribution in [0.5, 0.6) is 11.5 Å². The minimum Gasteiger partial charge on any atom is -0.493 e. The Morgan fingerprint density at radius 2 is 1.72 bits per heavy atom. The number of methoxy groups -OCH3 is 1.